The predicted octanol–water partition coefficient (Wildman–Crippen LogP) is 4.09. The summed E-state index contributed by atoms with van der Waals surface area (Å²) in [5.41, 5.74) is 3.91. The van der Waals surface area contributed by atoms with Gasteiger partial charge in [-0.05, 0) is 61.0 Å². The lowest BCUT2D eigenvalue weighted by Crippen LogP contribution is -2.17. The Morgan fingerprint density at radius 2 is 1.58 bits per heavy atom. The van der Waals surface area contributed by atoms with Gasteiger partial charge >= 0.3 is 5.97 Å². The van der Waals surface area contributed by atoms with Crippen molar-refractivity contribution in [1.82, 2.24) is 5.43 Å². The molecule has 1 amide bonds. The number of esters is 1. The molecule has 170 valence electrons. The number of nitrogens with zero attached hydrogens (tertiary/aromatic N) is 1. The van der Waals surface area contributed by atoms with Crippen molar-refractivity contribution in [2.24, 2.45) is 5.10 Å². The van der Waals surface area contributed by atoms with Gasteiger partial charge in [-0.25, -0.2) is 10.2 Å². The van der Waals surface area contributed by atoms with Crippen LogP contribution >= 0.6 is 0 Å². The molecular formula is C25H24N2O6. The minimum absolute atomic E-state index is 0.289. The molecule has 0 saturated carbocycles. The Hall–Kier alpha value is -4.33. The minimum Gasteiger partial charge on any atom is -0.493 e. The number of amides is 1. The maximum absolute atomic E-state index is 12.4. The summed E-state index contributed by atoms with van der Waals surface area (Å²) in [6.07, 6.45) is 1.46. The SMILES string of the molecule is CCOc1cc(/C=N\NC(=O)c2ccc(OC)c(OC)c2)ccc1OC(=O)c1ccccc1. The summed E-state index contributed by atoms with van der Waals surface area (Å²) in [5.74, 6) is 0.741. The summed E-state index contributed by atoms with van der Waals surface area (Å²) in [6, 6.07) is 18.5. The molecule has 8 nitrogen and oxygen atoms in total. The number of methoxy groups -OCH3 is 2. The van der Waals surface area contributed by atoms with Crippen molar-refractivity contribution in [2.75, 3.05) is 20.8 Å². The average molecular weight is 448 g/mol. The molecule has 0 aliphatic heterocycles. The molecule has 3 rings (SSSR count). The van der Waals surface area contributed by atoms with E-state index in [1.807, 2.05) is 13.0 Å². The van der Waals surface area contributed by atoms with Crippen molar-refractivity contribution >= 4 is 18.1 Å². The summed E-state index contributed by atoms with van der Waals surface area (Å²) >= 11 is 0. The average Bonchev–Trinajstić information content (AvgIpc) is 2.85. The van der Waals surface area contributed by atoms with E-state index in [2.05, 4.69) is 10.5 Å². The van der Waals surface area contributed by atoms with Crippen LogP contribution in [-0.4, -0.2) is 38.9 Å². The van der Waals surface area contributed by atoms with Crippen LogP contribution in [0.1, 0.15) is 33.2 Å². The Morgan fingerprint density at radius 3 is 2.27 bits per heavy atom. The van der Waals surface area contributed by atoms with Gasteiger partial charge in [-0.15, -0.1) is 0 Å². The molecule has 0 atom stereocenters. The van der Waals surface area contributed by atoms with Crippen molar-refractivity contribution in [3.8, 4) is 23.0 Å². The van der Waals surface area contributed by atoms with Crippen LogP contribution in [0.3, 0.4) is 0 Å². The molecule has 0 saturated heterocycles. The summed E-state index contributed by atoms with van der Waals surface area (Å²) in [5, 5.41) is 4.00. The lowest BCUT2D eigenvalue weighted by Gasteiger charge is -2.11. The third-order valence-corrected chi connectivity index (χ3v) is 4.51. The topological polar surface area (TPSA) is 95.5 Å². The Labute approximate surface area is 191 Å². The van der Waals surface area contributed by atoms with E-state index in [4.69, 9.17) is 18.9 Å². The van der Waals surface area contributed by atoms with Crippen molar-refractivity contribution in [3.05, 3.63) is 83.4 Å². The maximum atomic E-state index is 12.4. The number of rotatable bonds is 9. The quantitative estimate of drug-likeness (QED) is 0.229. The second-order valence-corrected chi connectivity index (χ2v) is 6.66. The molecule has 33 heavy (non-hydrogen) atoms. The molecule has 0 bridgehead atoms. The molecule has 0 aromatic heterocycles. The van der Waals surface area contributed by atoms with Crippen LogP contribution in [0.2, 0.25) is 0 Å². The first kappa shape index (κ1) is 23.3. The van der Waals surface area contributed by atoms with Gasteiger partial charge in [0.15, 0.2) is 23.0 Å². The van der Waals surface area contributed by atoms with E-state index < -0.39 is 11.9 Å². The molecule has 0 fully saturated rings. The van der Waals surface area contributed by atoms with Crippen LogP contribution in [-0.2, 0) is 0 Å². The first-order valence-corrected chi connectivity index (χ1v) is 10.1. The number of ether oxygens (including phenoxy) is 4. The predicted molar refractivity (Wildman–Crippen MR) is 124 cm³/mol. The van der Waals surface area contributed by atoms with E-state index in [0.29, 0.717) is 40.5 Å². The summed E-state index contributed by atoms with van der Waals surface area (Å²) in [4.78, 5) is 24.7. The Bertz CT molecular complexity index is 1140. The van der Waals surface area contributed by atoms with Crippen LogP contribution in [0.15, 0.2) is 71.8 Å². The third kappa shape index (κ3) is 6.10. The molecular weight excluding hydrogens is 424 g/mol. The second kappa shape index (κ2) is 11.3. The number of hydrogen-bond donors (Lipinski definition) is 1. The summed E-state index contributed by atoms with van der Waals surface area (Å²) in [6.45, 7) is 2.21. The lowest BCUT2D eigenvalue weighted by atomic mass is 10.2. The van der Waals surface area contributed by atoms with Gasteiger partial charge in [0, 0.05) is 5.56 Å². The monoisotopic (exact) mass is 448 g/mol. The normalized spacial score (nSPS) is 10.5. The molecule has 0 radical (unpaired) electrons. The number of carbonyl (C=O) groups excluding carboxylic acids is 2. The van der Waals surface area contributed by atoms with Crippen LogP contribution < -0.4 is 24.4 Å². The highest BCUT2D eigenvalue weighted by molar-refractivity contribution is 5.95. The van der Waals surface area contributed by atoms with Gasteiger partial charge in [-0.3, -0.25) is 4.79 Å². The molecule has 3 aromatic rings. The summed E-state index contributed by atoms with van der Waals surface area (Å²) < 4.78 is 21.5. The minimum atomic E-state index is -0.486. The number of hydrogen-bond acceptors (Lipinski definition) is 7. The van der Waals surface area contributed by atoms with Crippen LogP contribution in [0.5, 0.6) is 23.0 Å². The standard InChI is InChI=1S/C25H24N2O6/c1-4-32-23-14-17(10-12-21(23)33-25(29)18-8-6-5-7-9-18)16-26-27-24(28)19-11-13-20(30-2)22(15-19)31-3/h5-16H,4H2,1-3H3,(H,27,28)/b26-16-. The van der Waals surface area contributed by atoms with Gasteiger partial charge in [0.1, 0.15) is 0 Å². The van der Waals surface area contributed by atoms with Crippen molar-refractivity contribution in [2.45, 2.75) is 6.92 Å². The van der Waals surface area contributed by atoms with Gasteiger partial charge in [-0.1, -0.05) is 18.2 Å². The van der Waals surface area contributed by atoms with Crippen molar-refractivity contribution in [3.63, 3.8) is 0 Å². The van der Waals surface area contributed by atoms with Crippen molar-refractivity contribution < 1.29 is 28.5 Å². The molecule has 3 aromatic carbocycles. The Morgan fingerprint density at radius 1 is 0.848 bits per heavy atom. The Balaban J connectivity index is 1.70. The van der Waals surface area contributed by atoms with E-state index >= 15 is 0 Å². The molecule has 0 unspecified atom stereocenters. The van der Waals surface area contributed by atoms with E-state index in [1.54, 1.807) is 60.7 Å². The highest BCUT2D eigenvalue weighted by atomic mass is 16.6. The zero-order chi connectivity index (χ0) is 23.6. The third-order valence-electron chi connectivity index (χ3n) is 4.51. The fourth-order valence-electron chi connectivity index (χ4n) is 2.90. The summed E-state index contributed by atoms with van der Waals surface area (Å²) in [7, 11) is 3.01. The molecule has 1 N–H and O–H groups in total. The molecule has 0 spiro atoms. The first-order chi connectivity index (χ1) is 16.0. The highest BCUT2D eigenvalue weighted by Gasteiger charge is 2.13. The number of hydrazone groups is 1. The number of benzene rings is 3. The maximum Gasteiger partial charge on any atom is 0.343 e. The Kier molecular flexibility index (Phi) is 8.02. The second-order valence-electron chi connectivity index (χ2n) is 6.66. The van der Waals surface area contributed by atoms with Crippen LogP contribution in [0.25, 0.3) is 0 Å². The van der Waals surface area contributed by atoms with Crippen LogP contribution in [0.4, 0.5) is 0 Å². The van der Waals surface area contributed by atoms with Gasteiger partial charge in [0.25, 0.3) is 5.91 Å². The largest absolute Gasteiger partial charge is 0.493 e. The first-order valence-electron chi connectivity index (χ1n) is 10.1. The highest BCUT2D eigenvalue weighted by Crippen LogP contribution is 2.29. The smallest absolute Gasteiger partial charge is 0.343 e. The van der Waals surface area contributed by atoms with Gasteiger partial charge < -0.3 is 18.9 Å². The lowest BCUT2D eigenvalue weighted by molar-refractivity contribution is 0.0728. The van der Waals surface area contributed by atoms with E-state index in [1.165, 1.54) is 20.4 Å². The molecule has 0 aliphatic rings. The fraction of sp³-hybridized carbons (Fsp3) is 0.160. The van der Waals surface area contributed by atoms with E-state index in [0.717, 1.165) is 0 Å². The zero-order valence-corrected chi connectivity index (χ0v) is 18.5. The van der Waals surface area contributed by atoms with Crippen LogP contribution in [0, 0.1) is 0 Å². The van der Waals surface area contributed by atoms with E-state index in [9.17, 15) is 9.59 Å². The van der Waals surface area contributed by atoms with E-state index in [-0.39, 0.29) is 5.75 Å². The van der Waals surface area contributed by atoms with Gasteiger partial charge in [-0.2, -0.15) is 5.10 Å². The molecule has 8 heteroatoms. The van der Waals surface area contributed by atoms with Gasteiger partial charge in [0.05, 0.1) is 32.6 Å². The number of carbonyl (C=O) groups is 2. The molecule has 0 heterocycles. The van der Waals surface area contributed by atoms with Crippen molar-refractivity contribution in [1.29, 1.82) is 0 Å². The fourth-order valence-corrected chi connectivity index (χ4v) is 2.90. The number of nitrogens with one attached hydrogen (secondary N) is 1. The zero-order valence-electron chi connectivity index (χ0n) is 18.5. The molecule has 0 aliphatic carbocycles. The van der Waals surface area contributed by atoms with Gasteiger partial charge in [0.2, 0.25) is 0 Å².